The molecule has 1 atom stereocenters. The lowest BCUT2D eigenvalue weighted by molar-refractivity contribution is -0.117. The van der Waals surface area contributed by atoms with Gasteiger partial charge >= 0.3 is 0 Å². The summed E-state index contributed by atoms with van der Waals surface area (Å²) in [6, 6.07) is 1.06. The highest BCUT2D eigenvalue weighted by Gasteiger charge is 2.32. The lowest BCUT2D eigenvalue weighted by Crippen LogP contribution is -2.42. The summed E-state index contributed by atoms with van der Waals surface area (Å²) >= 11 is 0. The van der Waals surface area contributed by atoms with Gasteiger partial charge < -0.3 is 5.11 Å². The van der Waals surface area contributed by atoms with Crippen LogP contribution in [0.5, 0.6) is 0 Å². The number of hydrogen-bond donors (Lipinski definition) is 1. The Morgan fingerprint density at radius 2 is 1.93 bits per heavy atom. The molecule has 0 heterocycles. The molecule has 0 radical (unpaired) electrons. The number of carbonyl (C=O) groups is 1. The highest BCUT2D eigenvalue weighted by Crippen LogP contribution is 2.29. The van der Waals surface area contributed by atoms with E-state index in [1.807, 2.05) is 0 Å². The van der Waals surface area contributed by atoms with Gasteiger partial charge in [0.05, 0.1) is 6.61 Å². The molecule has 0 amide bonds. The predicted molar refractivity (Wildman–Crippen MR) is 58.7 cm³/mol. The first kappa shape index (κ1) is 11.1. The summed E-state index contributed by atoms with van der Waals surface area (Å²) in [7, 11) is 0. The summed E-state index contributed by atoms with van der Waals surface area (Å²) in [5.41, 5.74) is 0. The second-order valence-corrected chi connectivity index (χ2v) is 4.84. The first-order valence-corrected chi connectivity index (χ1v) is 6.19. The molecule has 0 aromatic carbocycles. The topological polar surface area (TPSA) is 40.5 Å². The van der Waals surface area contributed by atoms with Gasteiger partial charge in [0, 0.05) is 31.5 Å². The third-order valence-electron chi connectivity index (χ3n) is 3.84. The van der Waals surface area contributed by atoms with Gasteiger partial charge in [0.25, 0.3) is 0 Å². The van der Waals surface area contributed by atoms with Crippen LogP contribution < -0.4 is 0 Å². The summed E-state index contributed by atoms with van der Waals surface area (Å²) in [5.74, 6) is 0.404. The minimum Gasteiger partial charge on any atom is -0.395 e. The van der Waals surface area contributed by atoms with E-state index >= 15 is 0 Å². The first-order chi connectivity index (χ1) is 7.31. The minimum atomic E-state index is 0.223. The van der Waals surface area contributed by atoms with E-state index in [1.54, 1.807) is 0 Å². The van der Waals surface area contributed by atoms with E-state index in [9.17, 15) is 4.79 Å². The van der Waals surface area contributed by atoms with Gasteiger partial charge in [-0.25, -0.2) is 0 Å². The molecule has 86 valence electrons. The van der Waals surface area contributed by atoms with Crippen molar-refractivity contribution in [2.45, 2.75) is 57.0 Å². The summed E-state index contributed by atoms with van der Waals surface area (Å²) in [6.45, 7) is 0.976. The van der Waals surface area contributed by atoms with Crippen molar-refractivity contribution in [1.82, 2.24) is 4.90 Å². The number of hydrogen-bond acceptors (Lipinski definition) is 3. The molecule has 2 fully saturated rings. The van der Waals surface area contributed by atoms with Crippen LogP contribution in [0, 0.1) is 0 Å². The molecule has 1 N–H and O–H groups in total. The summed E-state index contributed by atoms with van der Waals surface area (Å²) in [6.07, 6.45) is 7.61. The fourth-order valence-corrected chi connectivity index (χ4v) is 3.09. The van der Waals surface area contributed by atoms with E-state index in [2.05, 4.69) is 4.90 Å². The Kier molecular flexibility index (Phi) is 3.76. The maximum absolute atomic E-state index is 11.3. The number of nitrogens with zero attached hydrogens (tertiary/aromatic N) is 1. The van der Waals surface area contributed by atoms with Crippen molar-refractivity contribution in [2.24, 2.45) is 0 Å². The van der Waals surface area contributed by atoms with Gasteiger partial charge in [-0.1, -0.05) is 12.8 Å². The highest BCUT2D eigenvalue weighted by molar-refractivity contribution is 5.81. The quantitative estimate of drug-likeness (QED) is 0.763. The van der Waals surface area contributed by atoms with Crippen molar-refractivity contribution >= 4 is 5.78 Å². The van der Waals surface area contributed by atoms with Crippen molar-refractivity contribution < 1.29 is 9.90 Å². The van der Waals surface area contributed by atoms with Crippen molar-refractivity contribution in [1.29, 1.82) is 0 Å². The van der Waals surface area contributed by atoms with Crippen LogP contribution >= 0.6 is 0 Å². The fourth-order valence-electron chi connectivity index (χ4n) is 3.09. The van der Waals surface area contributed by atoms with Crippen LogP contribution in [-0.2, 0) is 4.79 Å². The highest BCUT2D eigenvalue weighted by atomic mass is 16.3. The molecule has 15 heavy (non-hydrogen) atoms. The van der Waals surface area contributed by atoms with Gasteiger partial charge in [-0.05, 0) is 19.3 Å². The summed E-state index contributed by atoms with van der Waals surface area (Å²) < 4.78 is 0. The van der Waals surface area contributed by atoms with E-state index < -0.39 is 0 Å². The molecule has 0 spiro atoms. The Morgan fingerprint density at radius 1 is 1.20 bits per heavy atom. The molecule has 2 saturated carbocycles. The monoisotopic (exact) mass is 211 g/mol. The molecule has 2 aliphatic rings. The number of rotatable bonds is 4. The van der Waals surface area contributed by atoms with Crippen LogP contribution in [0.3, 0.4) is 0 Å². The number of aliphatic hydroxyl groups is 1. The number of carbonyl (C=O) groups excluding carboxylic acids is 1. The Balaban J connectivity index is 1.95. The van der Waals surface area contributed by atoms with E-state index in [0.29, 0.717) is 17.9 Å². The van der Waals surface area contributed by atoms with E-state index in [0.717, 1.165) is 25.8 Å². The summed E-state index contributed by atoms with van der Waals surface area (Å²) in [4.78, 5) is 13.7. The molecule has 2 aliphatic carbocycles. The van der Waals surface area contributed by atoms with Gasteiger partial charge in [-0.3, -0.25) is 9.69 Å². The standard InChI is InChI=1S/C12H21NO2/c14-8-7-13(10-3-1-2-4-10)11-5-6-12(15)9-11/h10-11,14H,1-9H2. The van der Waals surface area contributed by atoms with Crippen molar-refractivity contribution in [3.05, 3.63) is 0 Å². The van der Waals surface area contributed by atoms with Crippen LogP contribution in [0.1, 0.15) is 44.9 Å². The summed E-state index contributed by atoms with van der Waals surface area (Å²) in [5, 5.41) is 9.10. The maximum atomic E-state index is 11.3. The van der Waals surface area contributed by atoms with Crippen LogP contribution in [0.25, 0.3) is 0 Å². The Labute approximate surface area is 91.5 Å². The Morgan fingerprint density at radius 3 is 2.47 bits per heavy atom. The molecule has 2 rings (SSSR count). The van der Waals surface area contributed by atoms with Crippen molar-refractivity contribution in [3.8, 4) is 0 Å². The largest absolute Gasteiger partial charge is 0.395 e. The zero-order valence-corrected chi connectivity index (χ0v) is 9.32. The molecule has 0 aromatic heterocycles. The van der Waals surface area contributed by atoms with E-state index in [1.165, 1.54) is 25.7 Å². The van der Waals surface area contributed by atoms with Gasteiger partial charge in [0.15, 0.2) is 0 Å². The van der Waals surface area contributed by atoms with E-state index in [-0.39, 0.29) is 6.61 Å². The van der Waals surface area contributed by atoms with Gasteiger partial charge in [-0.2, -0.15) is 0 Å². The third kappa shape index (κ3) is 2.58. The normalized spacial score (nSPS) is 28.1. The van der Waals surface area contributed by atoms with Crippen LogP contribution in [0.2, 0.25) is 0 Å². The number of ketones is 1. The molecule has 0 bridgehead atoms. The maximum Gasteiger partial charge on any atom is 0.134 e. The second-order valence-electron chi connectivity index (χ2n) is 4.84. The minimum absolute atomic E-state index is 0.223. The SMILES string of the molecule is O=C1CCC(N(CCO)C2CCCC2)C1. The fraction of sp³-hybridized carbons (Fsp3) is 0.917. The molecule has 3 heteroatoms. The molecule has 3 nitrogen and oxygen atoms in total. The average Bonchev–Trinajstić information content (AvgIpc) is 2.85. The van der Waals surface area contributed by atoms with Crippen LogP contribution in [0.4, 0.5) is 0 Å². The molecular formula is C12H21NO2. The van der Waals surface area contributed by atoms with Gasteiger partial charge in [-0.15, -0.1) is 0 Å². The third-order valence-corrected chi connectivity index (χ3v) is 3.84. The van der Waals surface area contributed by atoms with Gasteiger partial charge in [0.1, 0.15) is 5.78 Å². The first-order valence-electron chi connectivity index (χ1n) is 6.19. The predicted octanol–water partition coefficient (Wildman–Crippen LogP) is 1.34. The molecule has 1 unspecified atom stereocenters. The lowest BCUT2D eigenvalue weighted by Gasteiger charge is -2.33. The average molecular weight is 211 g/mol. The van der Waals surface area contributed by atoms with Gasteiger partial charge in [0.2, 0.25) is 0 Å². The molecule has 0 aliphatic heterocycles. The smallest absolute Gasteiger partial charge is 0.134 e. The Bertz CT molecular complexity index is 224. The zero-order chi connectivity index (χ0) is 10.7. The lowest BCUT2D eigenvalue weighted by atomic mass is 10.1. The molecular weight excluding hydrogens is 190 g/mol. The van der Waals surface area contributed by atoms with Crippen LogP contribution in [-0.4, -0.2) is 41.0 Å². The zero-order valence-electron chi connectivity index (χ0n) is 9.32. The van der Waals surface area contributed by atoms with Crippen molar-refractivity contribution in [2.75, 3.05) is 13.2 Å². The molecule has 0 saturated heterocycles. The number of Topliss-reactive ketones (excluding diaryl/α,β-unsaturated/α-hetero) is 1. The molecule has 0 aromatic rings. The van der Waals surface area contributed by atoms with E-state index in [4.69, 9.17) is 5.11 Å². The van der Waals surface area contributed by atoms with Crippen LogP contribution in [0.15, 0.2) is 0 Å². The Hall–Kier alpha value is -0.410. The number of aliphatic hydroxyl groups excluding tert-OH is 1. The second kappa shape index (κ2) is 5.08. The van der Waals surface area contributed by atoms with Crippen molar-refractivity contribution in [3.63, 3.8) is 0 Å².